The second-order valence-electron chi connectivity index (χ2n) is 5.77. The molecule has 0 aliphatic carbocycles. The number of alkyl halides is 3. The van der Waals surface area contributed by atoms with E-state index in [1.807, 2.05) is 0 Å². The Morgan fingerprint density at radius 1 is 1.39 bits per heavy atom. The topological polar surface area (TPSA) is 117 Å². The highest BCUT2D eigenvalue weighted by atomic mass is 32.2. The summed E-state index contributed by atoms with van der Waals surface area (Å²) in [5.74, 6) is -1.33. The molecule has 152 valence electrons. The summed E-state index contributed by atoms with van der Waals surface area (Å²) in [7, 11) is -3.22. The lowest BCUT2D eigenvalue weighted by atomic mass is 10.3. The minimum Gasteiger partial charge on any atom is -0.444 e. The molecule has 0 saturated heterocycles. The molecule has 28 heavy (non-hydrogen) atoms. The maximum atomic E-state index is 12.9. The van der Waals surface area contributed by atoms with Crippen molar-refractivity contribution >= 4 is 15.8 Å². The van der Waals surface area contributed by atoms with E-state index in [9.17, 15) is 31.7 Å². The van der Waals surface area contributed by atoms with Crippen molar-refractivity contribution < 1.29 is 36.0 Å². The van der Waals surface area contributed by atoms with Crippen molar-refractivity contribution in [1.82, 2.24) is 13.9 Å². The van der Waals surface area contributed by atoms with E-state index < -0.39 is 43.8 Å². The van der Waals surface area contributed by atoms with Gasteiger partial charge in [0.1, 0.15) is 23.4 Å². The van der Waals surface area contributed by atoms with Crippen LogP contribution < -0.4 is 9.47 Å². The molecule has 0 spiro atoms. The standard InChI is InChI=1S/C14H13F3N4O6S/c1-19(9-6-20-7-12(21(22)23)18-13(20)26-8-9)28(24,25)11-5-3-2-4-10(11)27-14(15,16)17/h2-5,7,9H,6,8H2,1H3/t9-/m0/s1. The molecule has 0 saturated carbocycles. The van der Waals surface area contributed by atoms with Crippen LogP contribution >= 0.6 is 0 Å². The average molecular weight is 422 g/mol. The molecule has 0 unspecified atom stereocenters. The van der Waals surface area contributed by atoms with Gasteiger partial charge >= 0.3 is 18.2 Å². The molecule has 14 heteroatoms. The highest BCUT2D eigenvalue weighted by Crippen LogP contribution is 2.32. The number of para-hydroxylation sites is 1. The van der Waals surface area contributed by atoms with Crippen LogP contribution in [0.5, 0.6) is 11.8 Å². The number of ether oxygens (including phenoxy) is 2. The molecule has 2 heterocycles. The maximum Gasteiger partial charge on any atom is 0.573 e. The molecule has 1 aliphatic rings. The van der Waals surface area contributed by atoms with Gasteiger partial charge in [-0.05, 0) is 17.1 Å². The van der Waals surface area contributed by atoms with Crippen molar-refractivity contribution in [1.29, 1.82) is 0 Å². The van der Waals surface area contributed by atoms with Gasteiger partial charge < -0.3 is 19.6 Å². The fourth-order valence-corrected chi connectivity index (χ4v) is 4.06. The van der Waals surface area contributed by atoms with E-state index in [2.05, 4.69) is 9.72 Å². The monoisotopic (exact) mass is 422 g/mol. The van der Waals surface area contributed by atoms with E-state index in [1.54, 1.807) is 0 Å². The number of benzene rings is 1. The van der Waals surface area contributed by atoms with Crippen molar-refractivity contribution in [3.05, 3.63) is 40.6 Å². The number of imidazole rings is 1. The van der Waals surface area contributed by atoms with Gasteiger partial charge in [-0.3, -0.25) is 4.57 Å². The van der Waals surface area contributed by atoms with Crippen LogP contribution in [0.3, 0.4) is 0 Å². The molecule has 1 aliphatic heterocycles. The van der Waals surface area contributed by atoms with E-state index >= 15 is 0 Å². The SMILES string of the molecule is CN([C@@H]1COc2nc([N+](=O)[O-])cn2C1)S(=O)(=O)c1ccccc1OC(F)(F)F. The first kappa shape index (κ1) is 19.9. The number of hydrogen-bond donors (Lipinski definition) is 0. The molecule has 1 aromatic heterocycles. The number of halogens is 3. The van der Waals surface area contributed by atoms with Gasteiger partial charge in [0.25, 0.3) is 0 Å². The molecule has 1 atom stereocenters. The number of aromatic nitrogens is 2. The first-order valence-corrected chi connectivity index (χ1v) is 9.10. The summed E-state index contributed by atoms with van der Waals surface area (Å²) in [4.78, 5) is 13.0. The summed E-state index contributed by atoms with van der Waals surface area (Å²) >= 11 is 0. The summed E-state index contributed by atoms with van der Waals surface area (Å²) in [6, 6.07) is 3.46. The molecule has 0 fully saturated rings. The van der Waals surface area contributed by atoms with Crippen LogP contribution in [0, 0.1) is 10.1 Å². The Hall–Kier alpha value is -2.87. The quantitative estimate of drug-likeness (QED) is 0.532. The van der Waals surface area contributed by atoms with Crippen LogP contribution in [0.15, 0.2) is 35.4 Å². The number of rotatable bonds is 5. The van der Waals surface area contributed by atoms with Gasteiger partial charge in [0.05, 0.1) is 6.04 Å². The largest absolute Gasteiger partial charge is 0.573 e. The van der Waals surface area contributed by atoms with Crippen molar-refractivity contribution in [2.24, 2.45) is 0 Å². The molecule has 0 N–H and O–H groups in total. The molecule has 1 aromatic carbocycles. The van der Waals surface area contributed by atoms with Crippen molar-refractivity contribution in [2.45, 2.75) is 23.8 Å². The Bertz CT molecular complexity index is 1010. The van der Waals surface area contributed by atoms with Crippen molar-refractivity contribution in [3.8, 4) is 11.8 Å². The summed E-state index contributed by atoms with van der Waals surface area (Å²) in [6.07, 6.45) is -3.98. The third kappa shape index (κ3) is 3.87. The zero-order valence-corrected chi connectivity index (χ0v) is 15.0. The van der Waals surface area contributed by atoms with Gasteiger partial charge in [0, 0.05) is 18.6 Å². The molecular weight excluding hydrogens is 409 g/mol. The van der Waals surface area contributed by atoms with E-state index in [-0.39, 0.29) is 19.2 Å². The van der Waals surface area contributed by atoms with Crippen LogP contribution in [-0.2, 0) is 16.6 Å². The van der Waals surface area contributed by atoms with Gasteiger partial charge in [-0.1, -0.05) is 12.1 Å². The van der Waals surface area contributed by atoms with Gasteiger partial charge in [-0.2, -0.15) is 4.31 Å². The Labute approximate surface area is 156 Å². The second-order valence-corrected chi connectivity index (χ2v) is 7.74. The zero-order valence-electron chi connectivity index (χ0n) is 14.2. The number of nitro groups is 1. The first-order valence-electron chi connectivity index (χ1n) is 7.66. The molecule has 3 rings (SSSR count). The Balaban J connectivity index is 1.88. The van der Waals surface area contributed by atoms with Gasteiger partial charge in [-0.25, -0.2) is 8.42 Å². The lowest BCUT2D eigenvalue weighted by Crippen LogP contribution is -2.45. The number of hydrogen-bond acceptors (Lipinski definition) is 7. The van der Waals surface area contributed by atoms with Crippen LogP contribution in [0.2, 0.25) is 0 Å². The Morgan fingerprint density at radius 2 is 2.07 bits per heavy atom. The molecular formula is C14H13F3N4O6S. The van der Waals surface area contributed by atoms with Gasteiger partial charge in [0.2, 0.25) is 10.0 Å². The average Bonchev–Trinajstić information content (AvgIpc) is 3.03. The maximum absolute atomic E-state index is 12.9. The molecule has 10 nitrogen and oxygen atoms in total. The number of likely N-dealkylation sites (N-methyl/N-ethyl adjacent to an activating group) is 1. The van der Waals surface area contributed by atoms with Gasteiger partial charge in [-0.15, -0.1) is 13.2 Å². The van der Waals surface area contributed by atoms with E-state index in [0.717, 1.165) is 22.6 Å². The lowest BCUT2D eigenvalue weighted by molar-refractivity contribution is -0.389. The van der Waals surface area contributed by atoms with Crippen LogP contribution in [0.25, 0.3) is 0 Å². The summed E-state index contributed by atoms with van der Waals surface area (Å²) < 4.78 is 74.6. The normalized spacial score (nSPS) is 17.1. The minimum atomic E-state index is -5.07. The van der Waals surface area contributed by atoms with Gasteiger partial charge in [0.15, 0.2) is 0 Å². The number of sulfonamides is 1. The predicted octanol–water partition coefficient (Wildman–Crippen LogP) is 1.77. The number of fused-ring (bicyclic) bond motifs is 1. The third-order valence-electron chi connectivity index (χ3n) is 3.97. The van der Waals surface area contributed by atoms with Crippen LogP contribution in [-0.4, -0.2) is 53.3 Å². The smallest absolute Gasteiger partial charge is 0.444 e. The van der Waals surface area contributed by atoms with E-state index in [4.69, 9.17) is 4.74 Å². The highest BCUT2D eigenvalue weighted by molar-refractivity contribution is 7.89. The molecule has 0 bridgehead atoms. The minimum absolute atomic E-state index is 0.0335. The second kappa shape index (κ2) is 6.94. The van der Waals surface area contributed by atoms with Crippen molar-refractivity contribution in [2.75, 3.05) is 13.7 Å². The van der Waals surface area contributed by atoms with Crippen molar-refractivity contribution in [3.63, 3.8) is 0 Å². The first-order chi connectivity index (χ1) is 13.0. The molecule has 0 radical (unpaired) electrons. The molecule has 2 aromatic rings. The third-order valence-corrected chi connectivity index (χ3v) is 5.92. The lowest BCUT2D eigenvalue weighted by Gasteiger charge is -2.30. The molecule has 0 amide bonds. The fraction of sp³-hybridized carbons (Fsp3) is 0.357. The predicted molar refractivity (Wildman–Crippen MR) is 86.2 cm³/mol. The Kier molecular flexibility index (Phi) is 4.93. The summed E-state index contributed by atoms with van der Waals surface area (Å²) in [6.45, 7) is -0.222. The van der Waals surface area contributed by atoms with E-state index in [1.165, 1.54) is 23.7 Å². The van der Waals surface area contributed by atoms with Crippen LogP contribution in [0.4, 0.5) is 19.0 Å². The summed E-state index contributed by atoms with van der Waals surface area (Å²) in [5, 5.41) is 10.8. The highest BCUT2D eigenvalue weighted by Gasteiger charge is 2.38. The van der Waals surface area contributed by atoms with E-state index in [0.29, 0.717) is 0 Å². The zero-order chi connectivity index (χ0) is 20.7. The Morgan fingerprint density at radius 3 is 2.71 bits per heavy atom. The van der Waals surface area contributed by atoms with Crippen LogP contribution in [0.1, 0.15) is 0 Å². The number of nitrogens with zero attached hydrogens (tertiary/aromatic N) is 4. The summed E-state index contributed by atoms with van der Waals surface area (Å²) in [5.41, 5.74) is 0. The fourth-order valence-electron chi connectivity index (χ4n) is 2.61.